The zero-order chi connectivity index (χ0) is 62.0. The van der Waals surface area contributed by atoms with Crippen LogP contribution in [0, 0.1) is 0 Å². The van der Waals surface area contributed by atoms with Crippen LogP contribution in [-0.4, -0.2) is 47.4 Å². The van der Waals surface area contributed by atoms with Gasteiger partial charge in [-0.25, -0.2) is 0 Å². The van der Waals surface area contributed by atoms with Gasteiger partial charge >= 0.3 is 5.97 Å². The highest BCUT2D eigenvalue weighted by molar-refractivity contribution is 5.76. The maximum absolute atomic E-state index is 12.5. The number of allylic oxidation sites excluding steroid dienone is 5. The van der Waals surface area contributed by atoms with Crippen LogP contribution in [0.1, 0.15) is 438 Å². The van der Waals surface area contributed by atoms with E-state index in [1.165, 1.54) is 366 Å². The highest BCUT2D eigenvalue weighted by Gasteiger charge is 2.18. The minimum Gasteiger partial charge on any atom is -0.466 e. The highest BCUT2D eigenvalue weighted by atomic mass is 16.5. The zero-order valence-electron chi connectivity index (χ0n) is 58.3. The quantitative estimate of drug-likeness (QED) is 0.0320. The summed E-state index contributed by atoms with van der Waals surface area (Å²) in [6.07, 6.45) is 98.4. The Bertz CT molecular complexity index is 1390. The van der Waals surface area contributed by atoms with Gasteiger partial charge in [0.25, 0.3) is 0 Å². The Kier molecular flexibility index (Phi) is 73.9. The molecule has 0 aromatic rings. The lowest BCUT2D eigenvalue weighted by atomic mass is 10.0. The molecule has 0 aliphatic carbocycles. The Morgan fingerprint density at radius 3 is 0.860 bits per heavy atom. The Hall–Kier alpha value is -1.92. The SMILES string of the molecule is CCCC/C=C\CCCCCCCC(=O)OCCCCCCCCCCCCCCCC/C=C\CCCCCCCCCCCCCCCCCCCC(=O)NC(CO)C(O)/C=C/CCCCCCCCCCCCCCCCCCCCCCC. The average Bonchev–Trinajstić information content (AvgIpc) is 3.61. The molecule has 0 saturated carbocycles. The summed E-state index contributed by atoms with van der Waals surface area (Å²) in [7, 11) is 0. The van der Waals surface area contributed by atoms with Crippen molar-refractivity contribution in [2.24, 2.45) is 0 Å². The molecule has 0 radical (unpaired) electrons. The van der Waals surface area contributed by atoms with Gasteiger partial charge in [0, 0.05) is 12.8 Å². The lowest BCUT2D eigenvalue weighted by Crippen LogP contribution is -2.45. The number of nitrogens with one attached hydrogen (secondary N) is 1. The van der Waals surface area contributed by atoms with Gasteiger partial charge in [-0.3, -0.25) is 9.59 Å². The summed E-state index contributed by atoms with van der Waals surface area (Å²) in [5.41, 5.74) is 0. The van der Waals surface area contributed by atoms with E-state index < -0.39 is 12.1 Å². The summed E-state index contributed by atoms with van der Waals surface area (Å²) >= 11 is 0. The van der Waals surface area contributed by atoms with Gasteiger partial charge in [-0.1, -0.05) is 384 Å². The van der Waals surface area contributed by atoms with E-state index in [0.717, 1.165) is 44.9 Å². The van der Waals surface area contributed by atoms with E-state index in [1.54, 1.807) is 6.08 Å². The number of aliphatic hydroxyl groups excluding tert-OH is 2. The maximum Gasteiger partial charge on any atom is 0.305 e. The molecule has 0 aliphatic heterocycles. The summed E-state index contributed by atoms with van der Waals surface area (Å²) in [5.74, 6) is -0.0503. The van der Waals surface area contributed by atoms with Crippen molar-refractivity contribution in [2.75, 3.05) is 13.2 Å². The van der Waals surface area contributed by atoms with Gasteiger partial charge in [0.15, 0.2) is 0 Å². The number of aliphatic hydroxyl groups is 2. The fourth-order valence-corrected chi connectivity index (χ4v) is 12.4. The monoisotopic (exact) mass is 1210 g/mol. The molecule has 0 aromatic carbocycles. The van der Waals surface area contributed by atoms with Crippen LogP contribution < -0.4 is 5.32 Å². The van der Waals surface area contributed by atoms with E-state index in [-0.39, 0.29) is 18.5 Å². The van der Waals surface area contributed by atoms with Gasteiger partial charge in [0.05, 0.1) is 25.4 Å². The lowest BCUT2D eigenvalue weighted by Gasteiger charge is -2.20. The van der Waals surface area contributed by atoms with E-state index in [1.807, 2.05) is 6.08 Å². The molecule has 6 heteroatoms. The molecule has 3 N–H and O–H groups in total. The third kappa shape index (κ3) is 71.2. The highest BCUT2D eigenvalue weighted by Crippen LogP contribution is 2.19. The number of amides is 1. The number of hydrogen-bond donors (Lipinski definition) is 3. The number of rotatable bonds is 74. The molecule has 0 bridgehead atoms. The van der Waals surface area contributed by atoms with Gasteiger partial charge in [-0.2, -0.15) is 0 Å². The van der Waals surface area contributed by atoms with Crippen molar-refractivity contribution >= 4 is 11.9 Å². The van der Waals surface area contributed by atoms with Crippen LogP contribution in [0.25, 0.3) is 0 Å². The second kappa shape index (κ2) is 75.5. The topological polar surface area (TPSA) is 95.9 Å². The van der Waals surface area contributed by atoms with Crippen molar-refractivity contribution < 1.29 is 24.5 Å². The van der Waals surface area contributed by atoms with Gasteiger partial charge in [-0.15, -0.1) is 0 Å². The summed E-state index contributed by atoms with van der Waals surface area (Å²) in [4.78, 5) is 24.6. The minimum absolute atomic E-state index is 0.00934. The fourth-order valence-electron chi connectivity index (χ4n) is 12.4. The van der Waals surface area contributed by atoms with Crippen LogP contribution in [0.4, 0.5) is 0 Å². The number of esters is 1. The molecule has 0 aromatic heterocycles. The number of hydrogen-bond acceptors (Lipinski definition) is 5. The van der Waals surface area contributed by atoms with E-state index in [4.69, 9.17) is 4.74 Å². The Morgan fingerprint density at radius 2 is 0.558 bits per heavy atom. The fraction of sp³-hybridized carbons (Fsp3) is 0.900. The van der Waals surface area contributed by atoms with Crippen molar-refractivity contribution in [3.63, 3.8) is 0 Å². The molecule has 1 amide bonds. The van der Waals surface area contributed by atoms with Crippen LogP contribution in [0.15, 0.2) is 36.5 Å². The van der Waals surface area contributed by atoms with Crippen molar-refractivity contribution in [1.82, 2.24) is 5.32 Å². The number of ether oxygens (including phenoxy) is 1. The molecule has 0 rings (SSSR count). The third-order valence-electron chi connectivity index (χ3n) is 18.4. The summed E-state index contributed by atoms with van der Waals surface area (Å²) in [5, 5.41) is 23.3. The second-order valence-electron chi connectivity index (χ2n) is 27.0. The molecule has 86 heavy (non-hydrogen) atoms. The Balaban J connectivity index is 3.37. The molecule has 0 aliphatic rings. The molecule has 2 atom stereocenters. The van der Waals surface area contributed by atoms with Gasteiger partial charge in [-0.05, 0) is 77.0 Å². The van der Waals surface area contributed by atoms with Crippen molar-refractivity contribution in [1.29, 1.82) is 0 Å². The number of carbonyl (C=O) groups excluding carboxylic acids is 2. The Labute approximate surface area is 538 Å². The van der Waals surface area contributed by atoms with Gasteiger partial charge < -0.3 is 20.3 Å². The van der Waals surface area contributed by atoms with E-state index in [9.17, 15) is 19.8 Å². The largest absolute Gasteiger partial charge is 0.466 e. The molecule has 0 fully saturated rings. The van der Waals surface area contributed by atoms with E-state index in [0.29, 0.717) is 19.4 Å². The predicted molar refractivity (Wildman–Crippen MR) is 379 cm³/mol. The van der Waals surface area contributed by atoms with Crippen LogP contribution in [0.5, 0.6) is 0 Å². The van der Waals surface area contributed by atoms with E-state index >= 15 is 0 Å². The molecular weight excluding hydrogens is 1050 g/mol. The summed E-state index contributed by atoms with van der Waals surface area (Å²) < 4.78 is 5.47. The number of carbonyl (C=O) groups is 2. The Morgan fingerprint density at radius 1 is 0.314 bits per heavy atom. The standard InChI is InChI=1S/C80H153NO5/c1-3-5-7-9-11-13-15-16-17-18-19-20-34-37-40-43-46-49-53-56-60-64-68-72-78(83)77(76-82)81-79(84)73-69-65-61-57-54-50-47-44-41-38-35-32-30-28-26-24-22-21-23-25-27-29-31-33-36-39-42-45-48-51-55-59-63-67-71-75-86-80(85)74-70-66-62-58-52-14-12-10-8-6-4-2/h10,12,23,25,68,72,77-78,82-83H,3-9,11,13-22,24,26-67,69-71,73-76H2,1-2H3,(H,81,84)/b12-10-,25-23-,72-68+. The molecule has 0 spiro atoms. The smallest absolute Gasteiger partial charge is 0.305 e. The van der Waals surface area contributed by atoms with Crippen LogP contribution >= 0.6 is 0 Å². The van der Waals surface area contributed by atoms with Crippen molar-refractivity contribution in [3.05, 3.63) is 36.5 Å². The van der Waals surface area contributed by atoms with Gasteiger partial charge in [0.2, 0.25) is 5.91 Å². The van der Waals surface area contributed by atoms with Crippen molar-refractivity contribution in [3.8, 4) is 0 Å². The molecule has 6 nitrogen and oxygen atoms in total. The molecule has 0 heterocycles. The predicted octanol–water partition coefficient (Wildman–Crippen LogP) is 25.8. The summed E-state index contributed by atoms with van der Waals surface area (Å²) in [6, 6.07) is -0.627. The van der Waals surface area contributed by atoms with Crippen molar-refractivity contribution in [2.45, 2.75) is 450 Å². The first kappa shape index (κ1) is 84.1. The van der Waals surface area contributed by atoms with E-state index in [2.05, 4.69) is 43.5 Å². The maximum atomic E-state index is 12.5. The zero-order valence-corrected chi connectivity index (χ0v) is 58.3. The molecule has 2 unspecified atom stereocenters. The van der Waals surface area contributed by atoms with Crippen LogP contribution in [-0.2, 0) is 14.3 Å². The lowest BCUT2D eigenvalue weighted by molar-refractivity contribution is -0.143. The molecule has 0 saturated heterocycles. The van der Waals surface area contributed by atoms with Gasteiger partial charge in [0.1, 0.15) is 0 Å². The first-order valence-corrected chi connectivity index (χ1v) is 39.3. The first-order chi connectivity index (χ1) is 42.5. The molecular formula is C80H153NO5. The number of unbranched alkanes of at least 4 members (excludes halogenated alkanes) is 59. The minimum atomic E-state index is -0.843. The average molecular weight is 1210 g/mol. The molecule has 508 valence electrons. The normalized spacial score (nSPS) is 12.7. The first-order valence-electron chi connectivity index (χ1n) is 39.3. The van der Waals surface area contributed by atoms with Crippen LogP contribution in [0.3, 0.4) is 0 Å². The second-order valence-corrected chi connectivity index (χ2v) is 27.0. The van der Waals surface area contributed by atoms with Crippen LogP contribution in [0.2, 0.25) is 0 Å². The third-order valence-corrected chi connectivity index (χ3v) is 18.4. The summed E-state index contributed by atoms with van der Waals surface area (Å²) in [6.45, 7) is 4.91.